The van der Waals surface area contributed by atoms with E-state index in [9.17, 15) is 0 Å². The topological polar surface area (TPSA) is 29.3 Å². The third-order valence-electron chi connectivity index (χ3n) is 3.99. The summed E-state index contributed by atoms with van der Waals surface area (Å²) in [4.78, 5) is 2.34. The van der Waals surface area contributed by atoms with Crippen LogP contribution in [0.5, 0.6) is 0 Å². The van der Waals surface area contributed by atoms with Crippen LogP contribution in [0, 0.1) is 6.92 Å². The Bertz CT molecular complexity index is 345. The molecule has 0 heterocycles. The average molecular weight is 248 g/mol. The number of hydrogen-bond acceptors (Lipinski definition) is 2. The Hall–Kier alpha value is -1.02. The van der Waals surface area contributed by atoms with Gasteiger partial charge in [-0.05, 0) is 32.4 Å². The van der Waals surface area contributed by atoms with Gasteiger partial charge >= 0.3 is 0 Å². The molecule has 18 heavy (non-hydrogen) atoms. The molecule has 102 valence electrons. The number of nitrogens with two attached hydrogens (primary N) is 1. The van der Waals surface area contributed by atoms with Gasteiger partial charge in [0.05, 0.1) is 0 Å². The van der Waals surface area contributed by atoms with Crippen LogP contribution in [-0.2, 0) is 0 Å². The molecule has 0 aliphatic carbocycles. The minimum absolute atomic E-state index is 0.0599. The molecule has 1 unspecified atom stereocenters. The number of rotatable bonds is 7. The first kappa shape index (κ1) is 15.0. The highest BCUT2D eigenvalue weighted by Crippen LogP contribution is 2.26. The minimum atomic E-state index is 0.0599. The molecule has 2 heteroatoms. The minimum Gasteiger partial charge on any atom is -0.368 e. The highest BCUT2D eigenvalue weighted by molar-refractivity contribution is 5.49. The van der Waals surface area contributed by atoms with E-state index in [0.717, 1.165) is 6.42 Å². The lowest BCUT2D eigenvalue weighted by Crippen LogP contribution is -2.50. The quantitative estimate of drug-likeness (QED) is 0.745. The van der Waals surface area contributed by atoms with Crippen LogP contribution in [-0.4, -0.2) is 19.1 Å². The van der Waals surface area contributed by atoms with Gasteiger partial charge < -0.3 is 10.6 Å². The number of anilines is 1. The summed E-state index contributed by atoms with van der Waals surface area (Å²) in [6.45, 7) is 7.32. The van der Waals surface area contributed by atoms with Gasteiger partial charge in [0.1, 0.15) is 0 Å². The SMILES string of the molecule is CCCCCC(C)(CN)N(C)c1ccc(C)cc1. The van der Waals surface area contributed by atoms with E-state index in [0.29, 0.717) is 6.54 Å². The average Bonchev–Trinajstić information content (AvgIpc) is 2.39. The van der Waals surface area contributed by atoms with Crippen LogP contribution in [0.1, 0.15) is 45.1 Å². The first-order valence-electron chi connectivity index (χ1n) is 7.04. The smallest absolute Gasteiger partial charge is 0.0492 e. The summed E-state index contributed by atoms with van der Waals surface area (Å²) >= 11 is 0. The molecule has 0 bridgehead atoms. The molecule has 1 aromatic carbocycles. The first-order chi connectivity index (χ1) is 8.53. The highest BCUT2D eigenvalue weighted by Gasteiger charge is 2.27. The molecule has 0 radical (unpaired) electrons. The molecule has 1 aromatic rings. The van der Waals surface area contributed by atoms with Gasteiger partial charge in [-0.3, -0.25) is 0 Å². The van der Waals surface area contributed by atoms with Gasteiger partial charge in [0.15, 0.2) is 0 Å². The molecule has 0 saturated heterocycles. The zero-order valence-electron chi connectivity index (χ0n) is 12.4. The Morgan fingerprint density at radius 1 is 1.17 bits per heavy atom. The number of aryl methyl sites for hydroxylation is 1. The first-order valence-corrected chi connectivity index (χ1v) is 7.04. The van der Waals surface area contributed by atoms with Crippen LogP contribution in [0.3, 0.4) is 0 Å². The second kappa shape index (κ2) is 6.79. The lowest BCUT2D eigenvalue weighted by molar-refractivity contribution is 0.400. The normalized spacial score (nSPS) is 14.3. The summed E-state index contributed by atoms with van der Waals surface area (Å²) in [5.41, 5.74) is 8.63. The molecule has 0 aliphatic rings. The van der Waals surface area contributed by atoms with Crippen LogP contribution >= 0.6 is 0 Å². The predicted molar refractivity (Wildman–Crippen MR) is 81.2 cm³/mol. The van der Waals surface area contributed by atoms with E-state index in [1.165, 1.54) is 30.5 Å². The Labute approximate surface area is 112 Å². The zero-order chi connectivity index (χ0) is 13.6. The summed E-state index contributed by atoms with van der Waals surface area (Å²) < 4.78 is 0. The summed E-state index contributed by atoms with van der Waals surface area (Å²) in [5.74, 6) is 0. The van der Waals surface area contributed by atoms with Gasteiger partial charge in [0.2, 0.25) is 0 Å². The number of likely N-dealkylation sites (N-methyl/N-ethyl adjacent to an activating group) is 1. The van der Waals surface area contributed by atoms with Crippen molar-refractivity contribution in [2.24, 2.45) is 5.73 Å². The standard InChI is InChI=1S/C16H28N2/c1-5-6-7-12-16(3,13-17)18(4)15-10-8-14(2)9-11-15/h8-11H,5-7,12-13,17H2,1-4H3. The van der Waals surface area contributed by atoms with Gasteiger partial charge in [-0.1, -0.05) is 43.9 Å². The lowest BCUT2D eigenvalue weighted by atomic mass is 9.92. The van der Waals surface area contributed by atoms with Crippen LogP contribution in [0.2, 0.25) is 0 Å². The van der Waals surface area contributed by atoms with Crippen molar-refractivity contribution in [2.45, 2.75) is 52.0 Å². The van der Waals surface area contributed by atoms with Crippen LogP contribution < -0.4 is 10.6 Å². The molecule has 0 aromatic heterocycles. The van der Waals surface area contributed by atoms with Crippen molar-refractivity contribution in [3.63, 3.8) is 0 Å². The lowest BCUT2D eigenvalue weighted by Gasteiger charge is -2.40. The van der Waals surface area contributed by atoms with E-state index in [-0.39, 0.29) is 5.54 Å². The third kappa shape index (κ3) is 3.74. The predicted octanol–water partition coefficient (Wildman–Crippen LogP) is 3.73. The number of unbranched alkanes of at least 4 members (excludes halogenated alkanes) is 2. The maximum absolute atomic E-state index is 6.02. The fourth-order valence-corrected chi connectivity index (χ4v) is 2.24. The Balaban J connectivity index is 2.76. The Morgan fingerprint density at radius 2 is 1.78 bits per heavy atom. The fraction of sp³-hybridized carbons (Fsp3) is 0.625. The van der Waals surface area contributed by atoms with Crippen LogP contribution in [0.4, 0.5) is 5.69 Å². The van der Waals surface area contributed by atoms with E-state index in [1.807, 2.05) is 0 Å². The van der Waals surface area contributed by atoms with E-state index >= 15 is 0 Å². The molecule has 1 rings (SSSR count). The van der Waals surface area contributed by atoms with E-state index in [1.54, 1.807) is 0 Å². The number of hydrogen-bond donors (Lipinski definition) is 1. The molecule has 0 saturated carbocycles. The van der Waals surface area contributed by atoms with Crippen molar-refractivity contribution in [1.29, 1.82) is 0 Å². The molecule has 0 amide bonds. The number of benzene rings is 1. The van der Waals surface area contributed by atoms with Crippen LogP contribution in [0.15, 0.2) is 24.3 Å². The van der Waals surface area contributed by atoms with Crippen LogP contribution in [0.25, 0.3) is 0 Å². The van der Waals surface area contributed by atoms with Crippen molar-refractivity contribution in [3.05, 3.63) is 29.8 Å². The summed E-state index contributed by atoms with van der Waals surface area (Å²) in [5, 5.41) is 0. The van der Waals surface area contributed by atoms with E-state index in [2.05, 4.69) is 57.0 Å². The summed E-state index contributed by atoms with van der Waals surface area (Å²) in [7, 11) is 2.16. The zero-order valence-corrected chi connectivity index (χ0v) is 12.4. The van der Waals surface area contributed by atoms with E-state index in [4.69, 9.17) is 5.73 Å². The van der Waals surface area contributed by atoms with Gasteiger partial charge in [0, 0.05) is 24.8 Å². The van der Waals surface area contributed by atoms with Gasteiger partial charge in [-0.25, -0.2) is 0 Å². The summed E-state index contributed by atoms with van der Waals surface area (Å²) in [6.07, 6.45) is 4.95. The molecule has 1 atom stereocenters. The fourth-order valence-electron chi connectivity index (χ4n) is 2.24. The van der Waals surface area contributed by atoms with E-state index < -0.39 is 0 Å². The molecular weight excluding hydrogens is 220 g/mol. The number of nitrogens with zero attached hydrogens (tertiary/aromatic N) is 1. The molecular formula is C16H28N2. The third-order valence-corrected chi connectivity index (χ3v) is 3.99. The van der Waals surface area contributed by atoms with Crippen molar-refractivity contribution in [2.75, 3.05) is 18.5 Å². The molecule has 2 N–H and O–H groups in total. The van der Waals surface area contributed by atoms with Crippen molar-refractivity contribution in [1.82, 2.24) is 0 Å². The summed E-state index contributed by atoms with van der Waals surface area (Å²) in [6, 6.07) is 8.69. The molecule has 2 nitrogen and oxygen atoms in total. The Morgan fingerprint density at radius 3 is 2.28 bits per heavy atom. The van der Waals surface area contributed by atoms with Crippen molar-refractivity contribution < 1.29 is 0 Å². The van der Waals surface area contributed by atoms with Crippen molar-refractivity contribution in [3.8, 4) is 0 Å². The molecule has 0 fully saturated rings. The Kier molecular flexibility index (Phi) is 5.67. The maximum atomic E-state index is 6.02. The second-order valence-electron chi connectivity index (χ2n) is 5.55. The molecule has 0 spiro atoms. The van der Waals surface area contributed by atoms with Gasteiger partial charge in [-0.2, -0.15) is 0 Å². The van der Waals surface area contributed by atoms with Gasteiger partial charge in [-0.15, -0.1) is 0 Å². The highest BCUT2D eigenvalue weighted by atomic mass is 15.2. The second-order valence-corrected chi connectivity index (χ2v) is 5.55. The molecule has 0 aliphatic heterocycles. The largest absolute Gasteiger partial charge is 0.368 e. The van der Waals surface area contributed by atoms with Gasteiger partial charge in [0.25, 0.3) is 0 Å². The van der Waals surface area contributed by atoms with Crippen molar-refractivity contribution >= 4 is 5.69 Å². The monoisotopic (exact) mass is 248 g/mol. The maximum Gasteiger partial charge on any atom is 0.0492 e.